The number of nitrogen functional groups attached to an aromatic ring is 1. The van der Waals surface area contributed by atoms with Crippen LogP contribution in [0.1, 0.15) is 24.6 Å². The maximum absolute atomic E-state index is 12.0. The van der Waals surface area contributed by atoms with E-state index in [2.05, 4.69) is 10.3 Å². The molecule has 5 nitrogen and oxygen atoms in total. The summed E-state index contributed by atoms with van der Waals surface area (Å²) >= 11 is 0. The number of nitrogens with one attached hydrogen (secondary N) is 1. The number of rotatable bonds is 6. The quantitative estimate of drug-likeness (QED) is 0.801. The van der Waals surface area contributed by atoms with Crippen LogP contribution >= 0.6 is 0 Å². The minimum Gasteiger partial charge on any atom is -0.493 e. The van der Waals surface area contributed by atoms with E-state index in [9.17, 15) is 4.79 Å². The van der Waals surface area contributed by atoms with E-state index in [0.29, 0.717) is 23.8 Å². The normalized spacial score (nSPS) is 10.7. The maximum atomic E-state index is 12.0. The van der Waals surface area contributed by atoms with Gasteiger partial charge in [0.15, 0.2) is 0 Å². The highest BCUT2D eigenvalue weighted by Crippen LogP contribution is 2.19. The van der Waals surface area contributed by atoms with Crippen molar-refractivity contribution in [2.75, 3.05) is 17.7 Å². The van der Waals surface area contributed by atoms with Crippen LogP contribution in [0.3, 0.4) is 0 Å². The molecule has 0 aliphatic heterocycles. The zero-order chi connectivity index (χ0) is 16.7. The van der Waals surface area contributed by atoms with Gasteiger partial charge in [0.1, 0.15) is 11.6 Å². The first-order valence-corrected chi connectivity index (χ1v) is 7.54. The van der Waals surface area contributed by atoms with Crippen LogP contribution in [0.4, 0.5) is 11.5 Å². The largest absolute Gasteiger partial charge is 0.493 e. The highest BCUT2D eigenvalue weighted by Gasteiger charge is 2.03. The number of amides is 1. The summed E-state index contributed by atoms with van der Waals surface area (Å²) in [6, 6.07) is 11.0. The van der Waals surface area contributed by atoms with Crippen molar-refractivity contribution in [3.63, 3.8) is 0 Å². The Hall–Kier alpha value is -2.82. The number of ether oxygens (including phenoxy) is 1. The van der Waals surface area contributed by atoms with E-state index < -0.39 is 0 Å². The Morgan fingerprint density at radius 2 is 2.09 bits per heavy atom. The lowest BCUT2D eigenvalue weighted by molar-refractivity contribution is -0.111. The fraction of sp³-hybridized carbons (Fsp3) is 0.222. The van der Waals surface area contributed by atoms with Gasteiger partial charge in [-0.05, 0) is 37.6 Å². The summed E-state index contributed by atoms with van der Waals surface area (Å²) in [6.07, 6.45) is 4.12. The predicted molar refractivity (Wildman–Crippen MR) is 93.3 cm³/mol. The summed E-state index contributed by atoms with van der Waals surface area (Å²) < 4.78 is 5.66. The number of carbonyl (C=O) groups is 1. The Labute approximate surface area is 136 Å². The van der Waals surface area contributed by atoms with Crippen LogP contribution in [0.2, 0.25) is 0 Å². The van der Waals surface area contributed by atoms with Crippen molar-refractivity contribution in [1.82, 2.24) is 4.98 Å². The second-order valence-corrected chi connectivity index (χ2v) is 5.08. The summed E-state index contributed by atoms with van der Waals surface area (Å²) in [7, 11) is 0. The van der Waals surface area contributed by atoms with Gasteiger partial charge in [0.05, 0.1) is 18.0 Å². The van der Waals surface area contributed by atoms with Gasteiger partial charge in [0.2, 0.25) is 5.91 Å². The molecule has 120 valence electrons. The van der Waals surface area contributed by atoms with Gasteiger partial charge in [-0.3, -0.25) is 4.79 Å². The molecule has 3 N–H and O–H groups in total. The van der Waals surface area contributed by atoms with Crippen LogP contribution in [0.25, 0.3) is 6.08 Å². The van der Waals surface area contributed by atoms with E-state index in [1.165, 1.54) is 6.08 Å². The molecule has 0 radical (unpaired) electrons. The molecule has 1 aromatic carbocycles. The third-order valence-electron chi connectivity index (χ3n) is 3.17. The first-order valence-electron chi connectivity index (χ1n) is 7.54. The highest BCUT2D eigenvalue weighted by molar-refractivity contribution is 6.01. The second-order valence-electron chi connectivity index (χ2n) is 5.08. The van der Waals surface area contributed by atoms with Crippen molar-refractivity contribution in [2.24, 2.45) is 0 Å². The number of aromatic nitrogens is 1. The van der Waals surface area contributed by atoms with E-state index in [1.54, 1.807) is 25.1 Å². The van der Waals surface area contributed by atoms with Gasteiger partial charge >= 0.3 is 0 Å². The monoisotopic (exact) mass is 311 g/mol. The van der Waals surface area contributed by atoms with Gasteiger partial charge in [0, 0.05) is 11.6 Å². The predicted octanol–water partition coefficient (Wildman–Crippen LogP) is 3.41. The molecule has 0 aliphatic rings. The molecule has 0 aliphatic carbocycles. The van der Waals surface area contributed by atoms with Crippen LogP contribution < -0.4 is 15.8 Å². The van der Waals surface area contributed by atoms with Gasteiger partial charge in [0.25, 0.3) is 0 Å². The third-order valence-corrected chi connectivity index (χ3v) is 3.17. The number of nitrogens with two attached hydrogens (primary N) is 1. The number of benzene rings is 1. The summed E-state index contributed by atoms with van der Waals surface area (Å²) in [5, 5.41) is 2.71. The Kier molecular flexibility index (Phi) is 5.74. The molecule has 1 amide bonds. The van der Waals surface area contributed by atoms with E-state index in [-0.39, 0.29) is 5.91 Å². The van der Waals surface area contributed by atoms with E-state index >= 15 is 0 Å². The molecule has 0 atom stereocenters. The Bertz CT molecular complexity index is 711. The number of nitrogens with zero attached hydrogens (tertiary/aromatic N) is 1. The number of hydrogen-bond acceptors (Lipinski definition) is 4. The molecule has 0 fully saturated rings. The lowest BCUT2D eigenvalue weighted by atomic mass is 10.2. The molecule has 1 heterocycles. The molecule has 0 bridgehead atoms. The molecule has 2 aromatic rings. The fourth-order valence-electron chi connectivity index (χ4n) is 1.94. The number of aryl methyl sites for hydroxylation is 1. The Morgan fingerprint density at radius 3 is 2.83 bits per heavy atom. The average Bonchev–Trinajstić information content (AvgIpc) is 2.55. The van der Waals surface area contributed by atoms with Gasteiger partial charge < -0.3 is 15.8 Å². The molecule has 0 unspecified atom stereocenters. The van der Waals surface area contributed by atoms with Gasteiger partial charge in [-0.2, -0.15) is 0 Å². The van der Waals surface area contributed by atoms with Crippen molar-refractivity contribution in [3.05, 3.63) is 53.7 Å². The zero-order valence-corrected chi connectivity index (χ0v) is 13.4. The topological polar surface area (TPSA) is 77.2 Å². The number of pyridine rings is 1. The van der Waals surface area contributed by atoms with Crippen molar-refractivity contribution in [3.8, 4) is 5.75 Å². The average molecular weight is 311 g/mol. The Balaban J connectivity index is 2.04. The molecule has 23 heavy (non-hydrogen) atoms. The summed E-state index contributed by atoms with van der Waals surface area (Å²) in [5.74, 6) is 0.980. The van der Waals surface area contributed by atoms with Crippen molar-refractivity contribution >= 4 is 23.5 Å². The van der Waals surface area contributed by atoms with Crippen LogP contribution in [0.15, 0.2) is 42.5 Å². The molecule has 5 heteroatoms. The lowest BCUT2D eigenvalue weighted by Crippen LogP contribution is -2.10. The van der Waals surface area contributed by atoms with Crippen LogP contribution in [0.5, 0.6) is 5.75 Å². The van der Waals surface area contributed by atoms with Crippen LogP contribution in [-0.4, -0.2) is 17.5 Å². The second kappa shape index (κ2) is 7.98. The molecule has 0 spiro atoms. The van der Waals surface area contributed by atoms with Crippen molar-refractivity contribution in [2.45, 2.75) is 20.3 Å². The lowest BCUT2D eigenvalue weighted by Gasteiger charge is -2.07. The van der Waals surface area contributed by atoms with Crippen molar-refractivity contribution in [1.29, 1.82) is 0 Å². The van der Waals surface area contributed by atoms with Gasteiger partial charge in [-0.1, -0.05) is 25.1 Å². The summed E-state index contributed by atoms with van der Waals surface area (Å²) in [5.41, 5.74) is 7.85. The van der Waals surface area contributed by atoms with Crippen molar-refractivity contribution < 1.29 is 9.53 Å². The van der Waals surface area contributed by atoms with E-state index in [0.717, 1.165) is 17.7 Å². The molecular weight excluding hydrogens is 290 g/mol. The number of para-hydroxylation sites is 1. The standard InChI is InChI=1S/C18H21N3O2/c1-3-12-23-16-7-5-4-6-14(16)8-11-18(22)21-17-10-9-15(19)13(2)20-17/h4-11H,3,12,19H2,1-2H3,(H,20,21,22)/b11-8+. The number of anilines is 2. The van der Waals surface area contributed by atoms with Crippen LogP contribution in [-0.2, 0) is 4.79 Å². The first-order chi connectivity index (χ1) is 11.1. The third kappa shape index (κ3) is 4.85. The SMILES string of the molecule is CCCOc1ccccc1/C=C/C(=O)Nc1ccc(N)c(C)n1. The van der Waals surface area contributed by atoms with E-state index in [4.69, 9.17) is 10.5 Å². The van der Waals surface area contributed by atoms with Crippen LogP contribution in [0, 0.1) is 6.92 Å². The first kappa shape index (κ1) is 16.5. The van der Waals surface area contributed by atoms with E-state index in [1.807, 2.05) is 31.2 Å². The maximum Gasteiger partial charge on any atom is 0.249 e. The molecule has 0 saturated heterocycles. The number of hydrogen-bond donors (Lipinski definition) is 2. The smallest absolute Gasteiger partial charge is 0.249 e. The Morgan fingerprint density at radius 1 is 1.30 bits per heavy atom. The summed E-state index contributed by atoms with van der Waals surface area (Å²) in [6.45, 7) is 4.49. The molecule has 0 saturated carbocycles. The molecule has 2 rings (SSSR count). The van der Waals surface area contributed by atoms with Gasteiger partial charge in [-0.15, -0.1) is 0 Å². The molecule has 1 aromatic heterocycles. The van der Waals surface area contributed by atoms with Gasteiger partial charge in [-0.25, -0.2) is 4.98 Å². The minimum atomic E-state index is -0.257. The molecular formula is C18H21N3O2. The minimum absolute atomic E-state index is 0.257. The summed E-state index contributed by atoms with van der Waals surface area (Å²) in [4.78, 5) is 16.2. The fourth-order valence-corrected chi connectivity index (χ4v) is 1.94. The zero-order valence-electron chi connectivity index (χ0n) is 13.4. The highest BCUT2D eigenvalue weighted by atomic mass is 16.5. The number of carbonyl (C=O) groups excluding carboxylic acids is 1.